The maximum Gasteiger partial charge on any atom is 0.408 e. The van der Waals surface area contributed by atoms with Gasteiger partial charge in [0.15, 0.2) is 0 Å². The number of ether oxygens (including phenoxy) is 1. The van der Waals surface area contributed by atoms with Gasteiger partial charge in [-0.1, -0.05) is 60.7 Å². The van der Waals surface area contributed by atoms with Gasteiger partial charge in [0.1, 0.15) is 23.7 Å². The summed E-state index contributed by atoms with van der Waals surface area (Å²) in [5.41, 5.74) is 6.25. The molecule has 13 heteroatoms. The molecular weight excluding hydrogens is 616 g/mol. The van der Waals surface area contributed by atoms with Crippen molar-refractivity contribution < 1.29 is 33.5 Å². The van der Waals surface area contributed by atoms with Crippen molar-refractivity contribution in [3.05, 3.63) is 71.8 Å². The Morgan fingerprint density at radius 2 is 1.52 bits per heavy atom. The third-order valence-electron chi connectivity index (χ3n) is 8.49. The van der Waals surface area contributed by atoms with Crippen molar-refractivity contribution in [2.45, 2.75) is 95.6 Å². The summed E-state index contributed by atoms with van der Waals surface area (Å²) in [5, 5.41) is 8.43. The van der Waals surface area contributed by atoms with Crippen molar-refractivity contribution in [2.24, 2.45) is 5.73 Å². The van der Waals surface area contributed by atoms with Crippen LogP contribution in [-0.2, 0) is 28.7 Å². The molecule has 0 spiro atoms. The lowest BCUT2D eigenvalue weighted by molar-refractivity contribution is -0.145. The Kier molecular flexibility index (Phi) is 11.8. The van der Waals surface area contributed by atoms with E-state index in [4.69, 9.17) is 10.5 Å². The van der Waals surface area contributed by atoms with Crippen molar-refractivity contribution in [3.63, 3.8) is 0 Å². The summed E-state index contributed by atoms with van der Waals surface area (Å²) in [7, 11) is 0. The number of fused-ring (bicyclic) bond motifs is 1. The number of hydrogen-bond acceptors (Lipinski definition) is 7. The van der Waals surface area contributed by atoms with Crippen molar-refractivity contribution in [3.8, 4) is 0 Å². The minimum absolute atomic E-state index is 0.0519. The molecule has 0 aliphatic carbocycles. The van der Waals surface area contributed by atoms with Crippen LogP contribution in [0.2, 0.25) is 0 Å². The van der Waals surface area contributed by atoms with Crippen molar-refractivity contribution in [2.75, 3.05) is 13.1 Å². The van der Waals surface area contributed by atoms with Crippen LogP contribution in [0.5, 0.6) is 0 Å². The highest BCUT2D eigenvalue weighted by molar-refractivity contribution is 5.95. The number of carbonyl (C=O) groups excluding carboxylic acids is 6. The van der Waals surface area contributed by atoms with Crippen LogP contribution in [0.3, 0.4) is 0 Å². The number of hydrogen-bond donors (Lipinski definition) is 4. The number of nitrogens with one attached hydrogen (secondary N) is 3. The molecule has 0 unspecified atom stereocenters. The molecule has 4 rings (SSSR count). The minimum Gasteiger partial charge on any atom is -0.444 e. The molecule has 6 amide bonds. The van der Waals surface area contributed by atoms with Gasteiger partial charge in [0.25, 0.3) is 0 Å². The van der Waals surface area contributed by atoms with Crippen molar-refractivity contribution in [1.29, 1.82) is 0 Å². The van der Waals surface area contributed by atoms with E-state index in [1.165, 1.54) is 16.7 Å². The Morgan fingerprint density at radius 3 is 2.06 bits per heavy atom. The van der Waals surface area contributed by atoms with Gasteiger partial charge >= 0.3 is 6.09 Å². The van der Waals surface area contributed by atoms with Gasteiger partial charge in [-0.15, -0.1) is 0 Å². The van der Waals surface area contributed by atoms with Crippen molar-refractivity contribution >= 4 is 35.6 Å². The Hall–Kier alpha value is -4.94. The standard InChI is InChI=1S/C35H46N6O7/c1-22(42)40-20-19-25-15-17-28(41(25)33(46)27(21-40)38-34(47)48-35(2,3)4)32(45)37-26(16-18-29(36)43)31(44)39-30(23-11-7-5-8-12-23)24-13-9-6-10-14-24/h5-14,25-28,30H,15-21H2,1-4H3,(H2,36,43)(H,37,45)(H,38,47)(H,39,44)/t25-,26+,27+,28+/m1/s1. The van der Waals surface area contributed by atoms with Gasteiger partial charge < -0.3 is 36.2 Å². The summed E-state index contributed by atoms with van der Waals surface area (Å²) >= 11 is 0. The van der Waals surface area contributed by atoms with Crippen LogP contribution in [-0.4, -0.2) is 88.3 Å². The Morgan fingerprint density at radius 1 is 0.917 bits per heavy atom. The van der Waals surface area contributed by atoms with E-state index in [1.807, 2.05) is 60.7 Å². The summed E-state index contributed by atoms with van der Waals surface area (Å²) in [4.78, 5) is 81.7. The number of primary amides is 1. The van der Waals surface area contributed by atoms with Gasteiger partial charge in [-0.3, -0.25) is 24.0 Å². The highest BCUT2D eigenvalue weighted by Crippen LogP contribution is 2.30. The molecule has 0 saturated carbocycles. The zero-order valence-electron chi connectivity index (χ0n) is 27.9. The van der Waals surface area contributed by atoms with Crippen LogP contribution in [0.15, 0.2) is 60.7 Å². The molecule has 2 saturated heterocycles. The summed E-state index contributed by atoms with van der Waals surface area (Å²) in [5.74, 6) is -2.48. The van der Waals surface area contributed by atoms with Gasteiger partial charge in [-0.05, 0) is 57.6 Å². The predicted molar refractivity (Wildman–Crippen MR) is 177 cm³/mol. The van der Waals surface area contributed by atoms with E-state index >= 15 is 0 Å². The van der Waals surface area contributed by atoms with E-state index in [0.717, 1.165) is 11.1 Å². The van der Waals surface area contributed by atoms with E-state index in [-0.39, 0.29) is 31.3 Å². The van der Waals surface area contributed by atoms with Crippen LogP contribution in [0.4, 0.5) is 4.79 Å². The predicted octanol–water partition coefficient (Wildman–Crippen LogP) is 2.15. The van der Waals surface area contributed by atoms with Crippen LogP contribution in [0.1, 0.15) is 77.0 Å². The fraction of sp³-hybridized carbons (Fsp3) is 0.486. The molecule has 4 atom stereocenters. The molecule has 13 nitrogen and oxygen atoms in total. The topological polar surface area (TPSA) is 180 Å². The van der Waals surface area contributed by atoms with Gasteiger partial charge in [0.05, 0.1) is 12.6 Å². The summed E-state index contributed by atoms with van der Waals surface area (Å²) < 4.78 is 5.38. The quantitative estimate of drug-likeness (QED) is 0.301. The fourth-order valence-corrected chi connectivity index (χ4v) is 6.19. The van der Waals surface area contributed by atoms with Gasteiger partial charge in [-0.2, -0.15) is 0 Å². The van der Waals surface area contributed by atoms with E-state index < -0.39 is 59.5 Å². The third kappa shape index (κ3) is 9.55. The van der Waals surface area contributed by atoms with E-state index in [9.17, 15) is 28.8 Å². The smallest absolute Gasteiger partial charge is 0.408 e. The Balaban J connectivity index is 1.56. The van der Waals surface area contributed by atoms with Gasteiger partial charge in [0.2, 0.25) is 29.5 Å². The summed E-state index contributed by atoms with van der Waals surface area (Å²) in [6.07, 6.45) is 0.202. The lowest BCUT2D eigenvalue weighted by Gasteiger charge is -2.38. The molecule has 48 heavy (non-hydrogen) atoms. The van der Waals surface area contributed by atoms with Crippen LogP contribution >= 0.6 is 0 Å². The second-order valence-electron chi connectivity index (χ2n) is 13.3. The largest absolute Gasteiger partial charge is 0.444 e. The molecule has 2 aromatic rings. The molecule has 2 aromatic carbocycles. The molecule has 2 fully saturated rings. The van der Waals surface area contributed by atoms with E-state index in [0.29, 0.717) is 25.8 Å². The maximum atomic E-state index is 14.1. The van der Waals surface area contributed by atoms with Crippen LogP contribution in [0, 0.1) is 0 Å². The molecule has 2 aliphatic heterocycles. The Bertz CT molecular complexity index is 1440. The van der Waals surface area contributed by atoms with Gasteiger partial charge in [-0.25, -0.2) is 4.79 Å². The zero-order valence-corrected chi connectivity index (χ0v) is 27.9. The first-order valence-corrected chi connectivity index (χ1v) is 16.3. The SMILES string of the molecule is CC(=O)N1CC[C@H]2CC[C@@H](C(=O)N[C@@H](CCC(N)=O)C(=O)NC(c3ccccc3)c3ccccc3)N2C(=O)[C@@H](NC(=O)OC(C)(C)C)C1. The molecule has 258 valence electrons. The fourth-order valence-electron chi connectivity index (χ4n) is 6.19. The molecule has 0 aromatic heterocycles. The maximum absolute atomic E-state index is 14.1. The highest BCUT2D eigenvalue weighted by Gasteiger charge is 2.46. The number of carbonyl (C=O) groups is 6. The van der Waals surface area contributed by atoms with Crippen molar-refractivity contribution in [1.82, 2.24) is 25.8 Å². The molecule has 0 bridgehead atoms. The number of amides is 6. The van der Waals surface area contributed by atoms with E-state index in [1.54, 1.807) is 20.8 Å². The monoisotopic (exact) mass is 662 g/mol. The molecule has 5 N–H and O–H groups in total. The number of nitrogens with zero attached hydrogens (tertiary/aromatic N) is 2. The molecule has 2 heterocycles. The number of nitrogens with two attached hydrogens (primary N) is 1. The number of alkyl carbamates (subject to hydrolysis) is 1. The van der Waals surface area contributed by atoms with Gasteiger partial charge in [0, 0.05) is 25.9 Å². The van der Waals surface area contributed by atoms with Crippen LogP contribution in [0.25, 0.3) is 0 Å². The summed E-state index contributed by atoms with van der Waals surface area (Å²) in [6.45, 7) is 6.72. The second-order valence-corrected chi connectivity index (χ2v) is 13.3. The first-order chi connectivity index (χ1) is 22.7. The normalized spacial score (nSPS) is 20.2. The van der Waals surface area contributed by atoms with Crippen LogP contribution < -0.4 is 21.7 Å². The number of rotatable bonds is 10. The summed E-state index contributed by atoms with van der Waals surface area (Å²) in [6, 6.07) is 14.6. The molecule has 2 aliphatic rings. The minimum atomic E-state index is -1.16. The molecular formula is C35H46N6O7. The lowest BCUT2D eigenvalue weighted by atomic mass is 9.98. The second kappa shape index (κ2) is 15.8. The number of benzene rings is 2. The first kappa shape index (κ1) is 35.9. The first-order valence-electron chi connectivity index (χ1n) is 16.3. The lowest BCUT2D eigenvalue weighted by Crippen LogP contribution is -2.62. The van der Waals surface area contributed by atoms with E-state index in [2.05, 4.69) is 16.0 Å². The average Bonchev–Trinajstić information content (AvgIpc) is 3.45. The highest BCUT2D eigenvalue weighted by atomic mass is 16.6. The Labute approximate surface area is 280 Å². The third-order valence-corrected chi connectivity index (χ3v) is 8.49. The average molecular weight is 663 g/mol. The molecule has 0 radical (unpaired) electrons. The zero-order chi connectivity index (χ0) is 35.0.